The Bertz CT molecular complexity index is 666. The molecule has 2 rings (SSSR count). The molecule has 0 aromatic heterocycles. The minimum absolute atomic E-state index is 0.178. The van der Waals surface area contributed by atoms with Gasteiger partial charge in [-0.1, -0.05) is 12.1 Å². The number of benzene rings is 2. The van der Waals surface area contributed by atoms with Gasteiger partial charge >= 0.3 is 5.97 Å². The lowest BCUT2D eigenvalue weighted by molar-refractivity contribution is 0.0697. The molecule has 2 aromatic rings. The van der Waals surface area contributed by atoms with E-state index in [1.54, 1.807) is 0 Å². The van der Waals surface area contributed by atoms with E-state index in [9.17, 15) is 18.0 Å². The average molecular weight is 266 g/mol. The van der Waals surface area contributed by atoms with Crippen molar-refractivity contribution in [1.29, 1.82) is 0 Å². The van der Waals surface area contributed by atoms with Gasteiger partial charge < -0.3 is 5.11 Å². The van der Waals surface area contributed by atoms with E-state index in [1.807, 2.05) is 0 Å². The lowest BCUT2D eigenvalue weighted by Gasteiger charge is -2.10. The highest BCUT2D eigenvalue weighted by Gasteiger charge is 2.20. The Kier molecular flexibility index (Phi) is 3.29. The van der Waals surface area contributed by atoms with Crippen molar-refractivity contribution in [2.75, 3.05) is 0 Å². The second-order valence-electron chi connectivity index (χ2n) is 4.05. The van der Waals surface area contributed by atoms with E-state index in [1.165, 1.54) is 13.0 Å². The van der Waals surface area contributed by atoms with Crippen molar-refractivity contribution >= 4 is 5.97 Å². The molecule has 0 radical (unpaired) electrons. The maximum absolute atomic E-state index is 14.0. The van der Waals surface area contributed by atoms with Crippen LogP contribution >= 0.6 is 0 Å². The molecule has 0 heterocycles. The molecule has 0 aliphatic heterocycles. The number of aromatic carboxylic acids is 1. The predicted molar refractivity (Wildman–Crippen MR) is 63.4 cm³/mol. The number of aryl methyl sites for hydroxylation is 1. The summed E-state index contributed by atoms with van der Waals surface area (Å²) in [5.41, 5.74) is -0.953. The molecule has 19 heavy (non-hydrogen) atoms. The molecular weight excluding hydrogens is 257 g/mol. The first-order chi connectivity index (χ1) is 8.91. The molecule has 98 valence electrons. The van der Waals surface area contributed by atoms with Gasteiger partial charge in [-0.3, -0.25) is 0 Å². The minimum Gasteiger partial charge on any atom is -0.478 e. The highest BCUT2D eigenvalue weighted by Crippen LogP contribution is 2.31. The average Bonchev–Trinajstić information content (AvgIpc) is 2.36. The molecule has 0 unspecified atom stereocenters. The molecule has 0 aliphatic rings. The van der Waals surface area contributed by atoms with E-state index in [4.69, 9.17) is 5.11 Å². The second kappa shape index (κ2) is 4.76. The monoisotopic (exact) mass is 266 g/mol. The summed E-state index contributed by atoms with van der Waals surface area (Å²) in [5.74, 6) is -3.98. The summed E-state index contributed by atoms with van der Waals surface area (Å²) in [7, 11) is 0. The summed E-state index contributed by atoms with van der Waals surface area (Å²) in [6.45, 7) is 1.43. The van der Waals surface area contributed by atoms with Gasteiger partial charge in [0.15, 0.2) is 0 Å². The number of halogens is 3. The number of rotatable bonds is 2. The summed E-state index contributed by atoms with van der Waals surface area (Å²) >= 11 is 0. The predicted octanol–water partition coefficient (Wildman–Crippen LogP) is 3.78. The Hall–Kier alpha value is -2.30. The van der Waals surface area contributed by atoms with Gasteiger partial charge in [-0.2, -0.15) is 0 Å². The summed E-state index contributed by atoms with van der Waals surface area (Å²) in [5, 5.41) is 8.99. The Balaban J connectivity index is 2.79. The SMILES string of the molecule is Cc1ccc(F)c(-c2ccc(F)cc2C(=O)O)c1F. The van der Waals surface area contributed by atoms with Gasteiger partial charge in [0.05, 0.1) is 11.1 Å². The molecule has 0 spiro atoms. The number of carboxylic acids is 1. The van der Waals surface area contributed by atoms with Crippen molar-refractivity contribution in [1.82, 2.24) is 0 Å². The van der Waals surface area contributed by atoms with Crippen molar-refractivity contribution in [3.63, 3.8) is 0 Å². The first kappa shape index (κ1) is 13.1. The first-order valence-electron chi connectivity index (χ1n) is 5.39. The Morgan fingerprint density at radius 1 is 1.11 bits per heavy atom. The molecule has 0 bridgehead atoms. The van der Waals surface area contributed by atoms with Gasteiger partial charge in [0.2, 0.25) is 0 Å². The van der Waals surface area contributed by atoms with E-state index >= 15 is 0 Å². The third kappa shape index (κ3) is 2.31. The third-order valence-electron chi connectivity index (χ3n) is 2.77. The molecule has 0 amide bonds. The van der Waals surface area contributed by atoms with Gasteiger partial charge in [0.25, 0.3) is 0 Å². The molecule has 0 fully saturated rings. The highest BCUT2D eigenvalue weighted by molar-refractivity contribution is 5.96. The fourth-order valence-corrected chi connectivity index (χ4v) is 1.81. The van der Waals surface area contributed by atoms with Crippen molar-refractivity contribution < 1.29 is 23.1 Å². The van der Waals surface area contributed by atoms with Gasteiger partial charge in [0, 0.05) is 5.56 Å². The van der Waals surface area contributed by atoms with Gasteiger partial charge in [-0.25, -0.2) is 18.0 Å². The molecule has 1 N–H and O–H groups in total. The summed E-state index contributed by atoms with van der Waals surface area (Å²) in [4.78, 5) is 11.0. The van der Waals surface area contributed by atoms with Crippen molar-refractivity contribution in [3.05, 3.63) is 58.9 Å². The van der Waals surface area contributed by atoms with Crippen LogP contribution in [0.5, 0.6) is 0 Å². The Morgan fingerprint density at radius 2 is 1.79 bits per heavy atom. The number of carboxylic acid groups (broad SMARTS) is 1. The van der Waals surface area contributed by atoms with Crippen molar-refractivity contribution in [3.8, 4) is 11.1 Å². The molecule has 2 nitrogen and oxygen atoms in total. The number of hydrogen-bond donors (Lipinski definition) is 1. The number of carbonyl (C=O) groups is 1. The molecule has 2 aromatic carbocycles. The van der Waals surface area contributed by atoms with E-state index in [-0.39, 0.29) is 11.1 Å². The quantitative estimate of drug-likeness (QED) is 0.898. The van der Waals surface area contributed by atoms with Crippen LogP contribution in [0.2, 0.25) is 0 Å². The van der Waals surface area contributed by atoms with Crippen LogP contribution < -0.4 is 0 Å². The summed E-state index contributed by atoms with van der Waals surface area (Å²) in [6, 6.07) is 5.04. The Labute approximate surface area is 107 Å². The van der Waals surface area contributed by atoms with Crippen LogP contribution in [0.4, 0.5) is 13.2 Å². The fourth-order valence-electron chi connectivity index (χ4n) is 1.81. The van der Waals surface area contributed by atoms with E-state index in [0.29, 0.717) is 0 Å². The molecule has 0 saturated heterocycles. The maximum atomic E-state index is 14.0. The van der Waals surface area contributed by atoms with Crippen LogP contribution in [0.15, 0.2) is 30.3 Å². The summed E-state index contributed by atoms with van der Waals surface area (Å²) < 4.78 is 40.8. The minimum atomic E-state index is -1.45. The van der Waals surface area contributed by atoms with E-state index < -0.39 is 34.5 Å². The largest absolute Gasteiger partial charge is 0.478 e. The first-order valence-corrected chi connectivity index (χ1v) is 5.39. The van der Waals surface area contributed by atoms with E-state index in [2.05, 4.69) is 0 Å². The zero-order chi connectivity index (χ0) is 14.2. The van der Waals surface area contributed by atoms with Crippen molar-refractivity contribution in [2.45, 2.75) is 6.92 Å². The third-order valence-corrected chi connectivity index (χ3v) is 2.77. The zero-order valence-corrected chi connectivity index (χ0v) is 9.88. The maximum Gasteiger partial charge on any atom is 0.336 e. The fraction of sp³-hybridized carbons (Fsp3) is 0.0714. The molecule has 0 saturated carbocycles. The van der Waals surface area contributed by atoms with Crippen LogP contribution in [0.25, 0.3) is 11.1 Å². The molecule has 0 atom stereocenters. The topological polar surface area (TPSA) is 37.3 Å². The Morgan fingerprint density at radius 3 is 2.42 bits per heavy atom. The molecular formula is C14H9F3O2. The molecule has 5 heteroatoms. The standard InChI is InChI=1S/C14H9F3O2/c1-7-2-5-11(16)12(13(7)17)9-4-3-8(15)6-10(9)14(18)19/h2-6H,1H3,(H,18,19). The van der Waals surface area contributed by atoms with Gasteiger partial charge in [-0.15, -0.1) is 0 Å². The van der Waals surface area contributed by atoms with Crippen LogP contribution in [-0.4, -0.2) is 11.1 Å². The van der Waals surface area contributed by atoms with Crippen LogP contribution in [0, 0.1) is 24.4 Å². The van der Waals surface area contributed by atoms with Gasteiger partial charge in [-0.05, 0) is 30.7 Å². The molecule has 0 aliphatic carbocycles. The zero-order valence-electron chi connectivity index (χ0n) is 9.88. The normalized spacial score (nSPS) is 10.5. The lowest BCUT2D eigenvalue weighted by Crippen LogP contribution is -2.03. The second-order valence-corrected chi connectivity index (χ2v) is 4.05. The van der Waals surface area contributed by atoms with E-state index in [0.717, 1.165) is 24.3 Å². The summed E-state index contributed by atoms with van der Waals surface area (Å²) in [6.07, 6.45) is 0. The number of hydrogen-bond acceptors (Lipinski definition) is 1. The highest BCUT2D eigenvalue weighted by atomic mass is 19.1. The smallest absolute Gasteiger partial charge is 0.336 e. The van der Waals surface area contributed by atoms with Crippen LogP contribution in [-0.2, 0) is 0 Å². The lowest BCUT2D eigenvalue weighted by atomic mass is 9.97. The van der Waals surface area contributed by atoms with Crippen molar-refractivity contribution in [2.24, 2.45) is 0 Å². The van der Waals surface area contributed by atoms with Crippen LogP contribution in [0.3, 0.4) is 0 Å². The van der Waals surface area contributed by atoms with Gasteiger partial charge in [0.1, 0.15) is 17.5 Å². The van der Waals surface area contributed by atoms with Crippen LogP contribution in [0.1, 0.15) is 15.9 Å².